The summed E-state index contributed by atoms with van der Waals surface area (Å²) in [6.45, 7) is 2.06. The van der Waals surface area contributed by atoms with Gasteiger partial charge in [0.2, 0.25) is 0 Å². The molecule has 5 heteroatoms. The van der Waals surface area contributed by atoms with Crippen molar-refractivity contribution in [3.8, 4) is 16.9 Å². The second-order valence-electron chi connectivity index (χ2n) is 6.04. The standard InChI is InChI=1S/C19H15ClO3S/c1-10-2-3-11-8-12(4-7-15(11)23-10)17-14-6-5-13(20)9-16(14)24-18(17)19(21)22/h4-10H,2-3H2,1H3,(H,21,22)/t10-/m1/s1. The van der Waals surface area contributed by atoms with E-state index in [0.717, 1.165) is 45.4 Å². The first-order valence-corrected chi connectivity index (χ1v) is 8.97. The number of halogens is 1. The largest absolute Gasteiger partial charge is 0.490 e. The number of hydrogen-bond acceptors (Lipinski definition) is 3. The van der Waals surface area contributed by atoms with Gasteiger partial charge in [-0.15, -0.1) is 11.3 Å². The van der Waals surface area contributed by atoms with Crippen molar-refractivity contribution in [2.24, 2.45) is 0 Å². The summed E-state index contributed by atoms with van der Waals surface area (Å²) in [7, 11) is 0. The topological polar surface area (TPSA) is 46.5 Å². The van der Waals surface area contributed by atoms with Gasteiger partial charge >= 0.3 is 5.97 Å². The van der Waals surface area contributed by atoms with Gasteiger partial charge in [-0.2, -0.15) is 0 Å². The van der Waals surface area contributed by atoms with E-state index < -0.39 is 5.97 Å². The maximum absolute atomic E-state index is 11.7. The summed E-state index contributed by atoms with van der Waals surface area (Å²) in [6, 6.07) is 11.5. The predicted octanol–water partition coefficient (Wildman–Crippen LogP) is 5.63. The molecule has 0 fully saturated rings. The van der Waals surface area contributed by atoms with E-state index in [4.69, 9.17) is 16.3 Å². The van der Waals surface area contributed by atoms with Crippen LogP contribution in [0.4, 0.5) is 0 Å². The molecule has 0 saturated carbocycles. The molecule has 0 amide bonds. The number of aryl methyl sites for hydroxylation is 1. The third kappa shape index (κ3) is 2.56. The molecule has 0 bridgehead atoms. The third-order valence-corrected chi connectivity index (χ3v) is 5.72. The van der Waals surface area contributed by atoms with Crippen molar-refractivity contribution in [3.05, 3.63) is 51.9 Å². The molecule has 24 heavy (non-hydrogen) atoms. The zero-order chi connectivity index (χ0) is 16.8. The average Bonchev–Trinajstić information content (AvgIpc) is 2.93. The summed E-state index contributed by atoms with van der Waals surface area (Å²) in [6.07, 6.45) is 2.14. The second kappa shape index (κ2) is 5.80. The van der Waals surface area contributed by atoms with E-state index in [1.807, 2.05) is 24.3 Å². The quantitative estimate of drug-likeness (QED) is 0.645. The highest BCUT2D eigenvalue weighted by Gasteiger charge is 2.22. The van der Waals surface area contributed by atoms with E-state index in [2.05, 4.69) is 13.0 Å². The Morgan fingerprint density at radius 1 is 1.29 bits per heavy atom. The Bertz CT molecular complexity index is 961. The molecule has 122 valence electrons. The molecule has 4 rings (SSSR count). The van der Waals surface area contributed by atoms with E-state index in [-0.39, 0.29) is 6.10 Å². The Labute approximate surface area is 148 Å². The van der Waals surface area contributed by atoms with Crippen LogP contribution in [-0.2, 0) is 6.42 Å². The number of aromatic carboxylic acids is 1. The summed E-state index contributed by atoms with van der Waals surface area (Å²) in [5, 5.41) is 11.2. The van der Waals surface area contributed by atoms with Gasteiger partial charge in [0.05, 0.1) is 6.10 Å². The first-order valence-electron chi connectivity index (χ1n) is 7.78. The van der Waals surface area contributed by atoms with Crippen LogP contribution in [0.5, 0.6) is 5.75 Å². The number of carbonyl (C=O) groups is 1. The number of carboxylic acids is 1. The Morgan fingerprint density at radius 2 is 2.12 bits per heavy atom. The van der Waals surface area contributed by atoms with Gasteiger partial charge in [-0.3, -0.25) is 0 Å². The van der Waals surface area contributed by atoms with E-state index in [1.165, 1.54) is 11.3 Å². The van der Waals surface area contributed by atoms with Crippen molar-refractivity contribution in [3.63, 3.8) is 0 Å². The summed E-state index contributed by atoms with van der Waals surface area (Å²) in [5.74, 6) is -0.0122. The number of carboxylic acid groups (broad SMARTS) is 1. The van der Waals surface area contributed by atoms with Crippen molar-refractivity contribution in [2.75, 3.05) is 0 Å². The zero-order valence-corrected chi connectivity index (χ0v) is 14.6. The minimum atomic E-state index is -0.912. The highest BCUT2D eigenvalue weighted by molar-refractivity contribution is 7.21. The van der Waals surface area contributed by atoms with Gasteiger partial charge in [0, 0.05) is 20.7 Å². The van der Waals surface area contributed by atoms with Crippen LogP contribution in [0.2, 0.25) is 5.02 Å². The van der Waals surface area contributed by atoms with Gasteiger partial charge in [0.1, 0.15) is 10.6 Å². The van der Waals surface area contributed by atoms with Gasteiger partial charge in [-0.05, 0) is 55.2 Å². The SMILES string of the molecule is C[C@@H]1CCc2cc(-c3c(C(=O)O)sc4cc(Cl)ccc34)ccc2O1. The van der Waals surface area contributed by atoms with E-state index in [1.54, 1.807) is 6.07 Å². The van der Waals surface area contributed by atoms with Crippen molar-refractivity contribution in [1.29, 1.82) is 0 Å². The molecule has 3 nitrogen and oxygen atoms in total. The van der Waals surface area contributed by atoms with Crippen LogP contribution in [0.1, 0.15) is 28.6 Å². The Morgan fingerprint density at radius 3 is 2.92 bits per heavy atom. The number of ether oxygens (including phenoxy) is 1. The summed E-state index contributed by atoms with van der Waals surface area (Å²) in [5.41, 5.74) is 2.81. The molecule has 1 aliphatic rings. The molecule has 1 aromatic heterocycles. The third-order valence-electron chi connectivity index (χ3n) is 4.34. The number of benzene rings is 2. The van der Waals surface area contributed by atoms with Gasteiger partial charge < -0.3 is 9.84 Å². The maximum Gasteiger partial charge on any atom is 0.346 e. The molecule has 0 saturated heterocycles. The van der Waals surface area contributed by atoms with Crippen molar-refractivity contribution < 1.29 is 14.6 Å². The highest BCUT2D eigenvalue weighted by atomic mass is 35.5. The fraction of sp³-hybridized carbons (Fsp3) is 0.211. The van der Waals surface area contributed by atoms with Crippen LogP contribution >= 0.6 is 22.9 Å². The molecule has 0 unspecified atom stereocenters. The van der Waals surface area contributed by atoms with Crippen LogP contribution in [0.15, 0.2) is 36.4 Å². The fourth-order valence-corrected chi connectivity index (χ4v) is 4.53. The maximum atomic E-state index is 11.7. The van der Waals surface area contributed by atoms with Gasteiger partial charge in [0.25, 0.3) is 0 Å². The monoisotopic (exact) mass is 358 g/mol. The first-order chi connectivity index (χ1) is 11.5. The first kappa shape index (κ1) is 15.5. The van der Waals surface area contributed by atoms with E-state index in [9.17, 15) is 9.90 Å². The molecule has 0 radical (unpaired) electrons. The summed E-state index contributed by atoms with van der Waals surface area (Å²) < 4.78 is 6.74. The van der Waals surface area contributed by atoms with Crippen LogP contribution in [0.25, 0.3) is 21.2 Å². The Hall–Kier alpha value is -2.04. The van der Waals surface area contributed by atoms with Gasteiger partial charge in [-0.1, -0.05) is 23.7 Å². The lowest BCUT2D eigenvalue weighted by atomic mass is 9.96. The Kier molecular flexibility index (Phi) is 3.74. The number of fused-ring (bicyclic) bond motifs is 2. The molecule has 1 atom stereocenters. The van der Waals surface area contributed by atoms with Crippen LogP contribution in [0.3, 0.4) is 0 Å². The number of thiophene rings is 1. The van der Waals surface area contributed by atoms with Crippen molar-refractivity contribution in [1.82, 2.24) is 0 Å². The lowest BCUT2D eigenvalue weighted by Gasteiger charge is -2.23. The molecule has 0 spiro atoms. The summed E-state index contributed by atoms with van der Waals surface area (Å²) >= 11 is 7.32. The normalized spacial score (nSPS) is 16.7. The molecule has 3 aromatic rings. The molecule has 2 heterocycles. The average molecular weight is 359 g/mol. The van der Waals surface area contributed by atoms with E-state index in [0.29, 0.717) is 9.90 Å². The van der Waals surface area contributed by atoms with Crippen molar-refractivity contribution >= 4 is 39.0 Å². The fourth-order valence-electron chi connectivity index (χ4n) is 3.19. The minimum absolute atomic E-state index is 0.224. The minimum Gasteiger partial charge on any atom is -0.490 e. The summed E-state index contributed by atoms with van der Waals surface area (Å²) in [4.78, 5) is 12.1. The molecule has 1 aliphatic heterocycles. The van der Waals surface area contributed by atoms with Crippen LogP contribution in [-0.4, -0.2) is 17.2 Å². The Balaban J connectivity index is 1.93. The molecule has 2 aromatic carbocycles. The second-order valence-corrected chi connectivity index (χ2v) is 7.53. The lowest BCUT2D eigenvalue weighted by Crippen LogP contribution is -2.18. The lowest BCUT2D eigenvalue weighted by molar-refractivity contribution is 0.0703. The van der Waals surface area contributed by atoms with E-state index >= 15 is 0 Å². The van der Waals surface area contributed by atoms with Gasteiger partial charge in [-0.25, -0.2) is 4.79 Å². The smallest absolute Gasteiger partial charge is 0.346 e. The number of rotatable bonds is 2. The highest BCUT2D eigenvalue weighted by Crippen LogP contribution is 2.41. The predicted molar refractivity (Wildman–Crippen MR) is 97.6 cm³/mol. The molecular weight excluding hydrogens is 344 g/mol. The molecule has 1 N–H and O–H groups in total. The van der Waals surface area contributed by atoms with Crippen LogP contribution in [0, 0.1) is 0 Å². The van der Waals surface area contributed by atoms with Gasteiger partial charge in [0.15, 0.2) is 0 Å². The van der Waals surface area contributed by atoms with Crippen LogP contribution < -0.4 is 4.74 Å². The van der Waals surface area contributed by atoms with Crippen molar-refractivity contribution in [2.45, 2.75) is 25.9 Å². The molecule has 0 aliphatic carbocycles. The zero-order valence-electron chi connectivity index (χ0n) is 13.0. The number of hydrogen-bond donors (Lipinski definition) is 1. The molecular formula is C19H15ClO3S.